The molecule has 1 unspecified atom stereocenters. The molecular formula is C21H20ClN3O4S. The summed E-state index contributed by atoms with van der Waals surface area (Å²) in [4.78, 5) is 31.5. The van der Waals surface area contributed by atoms with Crippen LogP contribution >= 0.6 is 23.4 Å². The molecule has 9 heteroatoms. The molecule has 0 saturated carbocycles. The first-order valence-corrected chi connectivity index (χ1v) is 10.3. The van der Waals surface area contributed by atoms with Crippen LogP contribution in [0.25, 0.3) is 0 Å². The Kier molecular flexibility index (Phi) is 7.37. The lowest BCUT2D eigenvalue weighted by molar-refractivity contribution is -0.115. The van der Waals surface area contributed by atoms with Crippen molar-refractivity contribution in [1.82, 2.24) is 9.97 Å². The maximum absolute atomic E-state index is 12.5. The minimum Gasteiger partial charge on any atom is -0.495 e. The molecule has 1 heterocycles. The number of hydrogen-bond acceptors (Lipinski definition) is 6. The molecule has 2 aromatic carbocycles. The van der Waals surface area contributed by atoms with E-state index in [0.717, 1.165) is 11.8 Å². The van der Waals surface area contributed by atoms with Gasteiger partial charge in [0, 0.05) is 11.8 Å². The van der Waals surface area contributed by atoms with E-state index in [9.17, 15) is 9.59 Å². The highest BCUT2D eigenvalue weighted by Crippen LogP contribution is 2.28. The van der Waals surface area contributed by atoms with Gasteiger partial charge < -0.3 is 19.8 Å². The van der Waals surface area contributed by atoms with Crippen LogP contribution in [0, 0.1) is 0 Å². The Hall–Kier alpha value is -2.97. The molecule has 3 aromatic rings. The van der Waals surface area contributed by atoms with Gasteiger partial charge in [0.25, 0.3) is 5.56 Å². The van der Waals surface area contributed by atoms with Gasteiger partial charge in [-0.1, -0.05) is 41.6 Å². The number of anilines is 1. The molecule has 7 nitrogen and oxygen atoms in total. The third-order valence-electron chi connectivity index (χ3n) is 3.98. The van der Waals surface area contributed by atoms with Gasteiger partial charge in [-0.3, -0.25) is 9.59 Å². The first kappa shape index (κ1) is 21.7. The second-order valence-corrected chi connectivity index (χ2v) is 7.98. The standard InChI is InChI=1S/C21H20ClN3O4S/c1-13(20(27)23-14-8-9-18(28-2)17(22)10-14)30-21-24-15(11-19(26)25-21)12-29-16-6-4-3-5-7-16/h3-11,13H,12H2,1-2H3,(H,23,27)(H,24,25,26). The lowest BCUT2D eigenvalue weighted by atomic mass is 10.3. The highest BCUT2D eigenvalue weighted by Gasteiger charge is 2.17. The molecule has 1 amide bonds. The van der Waals surface area contributed by atoms with E-state index < -0.39 is 5.25 Å². The van der Waals surface area contributed by atoms with Crippen LogP contribution in [0.2, 0.25) is 5.02 Å². The molecule has 1 atom stereocenters. The molecule has 0 aliphatic carbocycles. The summed E-state index contributed by atoms with van der Waals surface area (Å²) in [5, 5.41) is 3.00. The van der Waals surface area contributed by atoms with Crippen molar-refractivity contribution in [2.45, 2.75) is 23.9 Å². The topological polar surface area (TPSA) is 93.3 Å². The number of carbonyl (C=O) groups excluding carboxylic acids is 1. The second-order valence-electron chi connectivity index (χ2n) is 6.24. The second kappa shape index (κ2) is 10.2. The average Bonchev–Trinajstić information content (AvgIpc) is 2.73. The van der Waals surface area contributed by atoms with E-state index in [1.54, 1.807) is 25.1 Å². The number of rotatable bonds is 8. The number of aromatic nitrogens is 2. The van der Waals surface area contributed by atoms with E-state index in [-0.39, 0.29) is 18.1 Å². The van der Waals surface area contributed by atoms with Gasteiger partial charge in [0.1, 0.15) is 18.1 Å². The van der Waals surface area contributed by atoms with Crippen molar-refractivity contribution in [2.24, 2.45) is 0 Å². The fraction of sp³-hybridized carbons (Fsp3) is 0.190. The molecule has 0 aliphatic rings. The number of nitrogens with zero attached hydrogens (tertiary/aromatic N) is 1. The van der Waals surface area contributed by atoms with E-state index >= 15 is 0 Å². The summed E-state index contributed by atoms with van der Waals surface area (Å²) in [6, 6.07) is 15.6. The maximum Gasteiger partial charge on any atom is 0.251 e. The predicted molar refractivity (Wildman–Crippen MR) is 118 cm³/mol. The van der Waals surface area contributed by atoms with Gasteiger partial charge in [-0.15, -0.1) is 0 Å². The zero-order chi connectivity index (χ0) is 21.5. The van der Waals surface area contributed by atoms with E-state index in [1.165, 1.54) is 13.2 Å². The maximum atomic E-state index is 12.5. The molecule has 30 heavy (non-hydrogen) atoms. The highest BCUT2D eigenvalue weighted by atomic mass is 35.5. The molecule has 156 valence electrons. The number of para-hydroxylation sites is 1. The lowest BCUT2D eigenvalue weighted by Crippen LogP contribution is -2.23. The molecule has 0 fully saturated rings. The molecule has 0 spiro atoms. The van der Waals surface area contributed by atoms with Crippen molar-refractivity contribution >= 4 is 35.0 Å². The van der Waals surface area contributed by atoms with E-state index in [2.05, 4.69) is 15.3 Å². The van der Waals surface area contributed by atoms with Crippen LogP contribution in [0.3, 0.4) is 0 Å². The van der Waals surface area contributed by atoms with E-state index in [0.29, 0.717) is 33.1 Å². The summed E-state index contributed by atoms with van der Waals surface area (Å²) in [6.45, 7) is 1.87. The largest absolute Gasteiger partial charge is 0.495 e. The Balaban J connectivity index is 1.63. The smallest absolute Gasteiger partial charge is 0.251 e. The van der Waals surface area contributed by atoms with Gasteiger partial charge in [0.15, 0.2) is 5.16 Å². The molecule has 0 radical (unpaired) electrons. The van der Waals surface area contributed by atoms with Gasteiger partial charge in [-0.2, -0.15) is 0 Å². The number of halogens is 1. The van der Waals surface area contributed by atoms with Crippen molar-refractivity contribution in [3.05, 3.63) is 75.7 Å². The molecule has 3 rings (SSSR count). The van der Waals surface area contributed by atoms with Gasteiger partial charge in [-0.05, 0) is 37.3 Å². The molecule has 1 aromatic heterocycles. The fourth-order valence-corrected chi connectivity index (χ4v) is 3.58. The van der Waals surface area contributed by atoms with Crippen LogP contribution in [-0.4, -0.2) is 28.2 Å². The summed E-state index contributed by atoms with van der Waals surface area (Å²) in [7, 11) is 1.52. The third-order valence-corrected chi connectivity index (χ3v) is 5.26. The fourth-order valence-electron chi connectivity index (χ4n) is 2.50. The number of H-pyrrole nitrogens is 1. The number of benzene rings is 2. The number of amides is 1. The van der Waals surface area contributed by atoms with Crippen molar-refractivity contribution < 1.29 is 14.3 Å². The number of nitrogens with one attached hydrogen (secondary N) is 2. The van der Waals surface area contributed by atoms with Crippen LogP contribution in [0.1, 0.15) is 12.6 Å². The molecule has 0 bridgehead atoms. The van der Waals surface area contributed by atoms with Crippen molar-refractivity contribution in [3.63, 3.8) is 0 Å². The van der Waals surface area contributed by atoms with Crippen LogP contribution in [0.4, 0.5) is 5.69 Å². The number of methoxy groups -OCH3 is 1. The van der Waals surface area contributed by atoms with Crippen molar-refractivity contribution in [3.8, 4) is 11.5 Å². The van der Waals surface area contributed by atoms with Gasteiger partial charge in [0.05, 0.1) is 23.1 Å². The summed E-state index contributed by atoms with van der Waals surface area (Å²) in [6.07, 6.45) is 0. The minimum absolute atomic E-state index is 0.145. The zero-order valence-electron chi connectivity index (χ0n) is 16.3. The van der Waals surface area contributed by atoms with Gasteiger partial charge in [-0.25, -0.2) is 4.98 Å². The molecule has 0 aliphatic heterocycles. The summed E-state index contributed by atoms with van der Waals surface area (Å²) < 4.78 is 10.7. The normalized spacial score (nSPS) is 11.6. The number of hydrogen-bond donors (Lipinski definition) is 2. The predicted octanol–water partition coefficient (Wildman–Crippen LogP) is 4.13. The number of ether oxygens (including phenoxy) is 2. The van der Waals surface area contributed by atoms with Crippen LogP contribution in [0.5, 0.6) is 11.5 Å². The number of aromatic amines is 1. The minimum atomic E-state index is -0.515. The number of carbonyl (C=O) groups is 1. The van der Waals surface area contributed by atoms with Crippen LogP contribution in [-0.2, 0) is 11.4 Å². The SMILES string of the molecule is COc1ccc(NC(=O)C(C)Sc2nc(COc3ccccc3)cc(=O)[nH]2)cc1Cl. The van der Waals surface area contributed by atoms with Crippen molar-refractivity contribution in [2.75, 3.05) is 12.4 Å². The average molecular weight is 446 g/mol. The Morgan fingerprint density at radius 1 is 1.23 bits per heavy atom. The quantitative estimate of drug-likeness (QED) is 0.400. The first-order valence-electron chi connectivity index (χ1n) is 9.04. The molecular weight excluding hydrogens is 426 g/mol. The Bertz CT molecular complexity index is 1080. The Labute approximate surface area is 182 Å². The van der Waals surface area contributed by atoms with E-state index in [4.69, 9.17) is 21.1 Å². The highest BCUT2D eigenvalue weighted by molar-refractivity contribution is 8.00. The number of thioether (sulfide) groups is 1. The van der Waals surface area contributed by atoms with Crippen molar-refractivity contribution in [1.29, 1.82) is 0 Å². The summed E-state index contributed by atoms with van der Waals surface area (Å²) in [5.41, 5.74) is 0.707. The third kappa shape index (κ3) is 6.01. The van der Waals surface area contributed by atoms with E-state index in [1.807, 2.05) is 30.3 Å². The molecule has 0 saturated heterocycles. The first-order chi connectivity index (χ1) is 14.4. The summed E-state index contributed by atoms with van der Waals surface area (Å²) >= 11 is 7.23. The van der Waals surface area contributed by atoms with Crippen LogP contribution in [0.15, 0.2) is 64.5 Å². The Morgan fingerprint density at radius 2 is 2.00 bits per heavy atom. The Morgan fingerprint density at radius 3 is 2.70 bits per heavy atom. The van der Waals surface area contributed by atoms with Gasteiger partial charge in [0.2, 0.25) is 5.91 Å². The molecule has 2 N–H and O–H groups in total. The zero-order valence-corrected chi connectivity index (χ0v) is 17.9. The summed E-state index contributed by atoms with van der Waals surface area (Å²) in [5.74, 6) is 0.947. The monoisotopic (exact) mass is 445 g/mol. The van der Waals surface area contributed by atoms with Gasteiger partial charge >= 0.3 is 0 Å². The lowest BCUT2D eigenvalue weighted by Gasteiger charge is -2.13. The van der Waals surface area contributed by atoms with Crippen LogP contribution < -0.4 is 20.3 Å².